The molecule has 0 unspecified atom stereocenters. The first kappa shape index (κ1) is 15.1. The number of hydrogen-bond acceptors (Lipinski definition) is 5. The zero-order chi connectivity index (χ0) is 16.4. The SMILES string of the molecule is Cc1cc(C)n(C(=O)CNC(=O)[C@H]2COc3ccccc3O2)n1. The molecule has 1 aliphatic heterocycles. The van der Waals surface area contributed by atoms with Crippen molar-refractivity contribution in [1.82, 2.24) is 15.1 Å². The zero-order valence-corrected chi connectivity index (χ0v) is 12.9. The molecule has 7 nitrogen and oxygen atoms in total. The van der Waals surface area contributed by atoms with Gasteiger partial charge in [-0.15, -0.1) is 0 Å². The summed E-state index contributed by atoms with van der Waals surface area (Å²) in [6, 6.07) is 8.94. The molecule has 1 aliphatic rings. The van der Waals surface area contributed by atoms with Crippen LogP contribution in [0.2, 0.25) is 0 Å². The standard InChI is InChI=1S/C16H17N3O4/c1-10-7-11(2)19(18-10)15(20)8-17-16(21)14-9-22-12-5-3-4-6-13(12)23-14/h3-7,14H,8-9H2,1-2H3,(H,17,21)/t14-/m1/s1. The highest BCUT2D eigenvalue weighted by Gasteiger charge is 2.27. The predicted octanol–water partition coefficient (Wildman–Crippen LogP) is 1.10. The van der Waals surface area contributed by atoms with Gasteiger partial charge in [-0.05, 0) is 32.0 Å². The number of nitrogens with zero attached hydrogens (tertiary/aromatic N) is 2. The second-order valence-electron chi connectivity index (χ2n) is 5.31. The van der Waals surface area contributed by atoms with Gasteiger partial charge in [-0.2, -0.15) is 5.10 Å². The van der Waals surface area contributed by atoms with Gasteiger partial charge in [0.05, 0.1) is 12.2 Å². The number of amides is 1. The highest BCUT2D eigenvalue weighted by Crippen LogP contribution is 2.30. The van der Waals surface area contributed by atoms with Gasteiger partial charge in [0.2, 0.25) is 6.10 Å². The van der Waals surface area contributed by atoms with E-state index in [1.54, 1.807) is 38.1 Å². The first-order chi connectivity index (χ1) is 11.0. The van der Waals surface area contributed by atoms with Crippen LogP contribution in [0.25, 0.3) is 0 Å². The number of fused-ring (bicyclic) bond motifs is 1. The molecule has 0 bridgehead atoms. The van der Waals surface area contributed by atoms with Crippen molar-refractivity contribution in [1.29, 1.82) is 0 Å². The number of aryl methyl sites for hydroxylation is 2. The number of aromatic nitrogens is 2. The molecule has 7 heteroatoms. The molecule has 1 aromatic carbocycles. The maximum atomic E-state index is 12.1. The number of nitrogens with one attached hydrogen (secondary N) is 1. The summed E-state index contributed by atoms with van der Waals surface area (Å²) in [5, 5.41) is 6.65. The van der Waals surface area contributed by atoms with Crippen molar-refractivity contribution in [2.24, 2.45) is 0 Å². The number of benzene rings is 1. The van der Waals surface area contributed by atoms with Crippen LogP contribution in [0.4, 0.5) is 0 Å². The van der Waals surface area contributed by atoms with Crippen LogP contribution in [-0.4, -0.2) is 40.9 Å². The van der Waals surface area contributed by atoms with E-state index < -0.39 is 12.0 Å². The van der Waals surface area contributed by atoms with E-state index in [4.69, 9.17) is 9.47 Å². The van der Waals surface area contributed by atoms with E-state index in [0.29, 0.717) is 11.5 Å². The van der Waals surface area contributed by atoms with Crippen molar-refractivity contribution < 1.29 is 19.1 Å². The molecule has 1 atom stereocenters. The fraction of sp³-hybridized carbons (Fsp3) is 0.312. The largest absolute Gasteiger partial charge is 0.485 e. The lowest BCUT2D eigenvalue weighted by Gasteiger charge is -2.25. The van der Waals surface area contributed by atoms with Crippen LogP contribution < -0.4 is 14.8 Å². The Morgan fingerprint density at radius 2 is 2.04 bits per heavy atom. The van der Waals surface area contributed by atoms with Crippen molar-refractivity contribution in [3.8, 4) is 11.5 Å². The second-order valence-corrected chi connectivity index (χ2v) is 5.31. The van der Waals surface area contributed by atoms with E-state index in [1.807, 2.05) is 6.07 Å². The van der Waals surface area contributed by atoms with Crippen molar-refractivity contribution >= 4 is 11.8 Å². The molecule has 0 radical (unpaired) electrons. The van der Waals surface area contributed by atoms with Gasteiger partial charge in [0.25, 0.3) is 11.8 Å². The Balaban J connectivity index is 1.58. The van der Waals surface area contributed by atoms with Gasteiger partial charge >= 0.3 is 0 Å². The summed E-state index contributed by atoms with van der Waals surface area (Å²) in [4.78, 5) is 24.2. The van der Waals surface area contributed by atoms with Gasteiger partial charge in [-0.25, -0.2) is 4.68 Å². The van der Waals surface area contributed by atoms with Gasteiger partial charge in [-0.3, -0.25) is 9.59 Å². The second kappa shape index (κ2) is 6.12. The van der Waals surface area contributed by atoms with Crippen LogP contribution in [0.5, 0.6) is 11.5 Å². The molecule has 1 N–H and O–H groups in total. The van der Waals surface area contributed by atoms with Crippen LogP contribution in [0.3, 0.4) is 0 Å². The lowest BCUT2D eigenvalue weighted by Crippen LogP contribution is -2.46. The average molecular weight is 315 g/mol. The van der Waals surface area contributed by atoms with E-state index in [9.17, 15) is 9.59 Å². The molecule has 0 saturated heterocycles. The van der Waals surface area contributed by atoms with Gasteiger partial charge in [0.1, 0.15) is 6.61 Å². The molecular formula is C16H17N3O4. The van der Waals surface area contributed by atoms with E-state index >= 15 is 0 Å². The first-order valence-corrected chi connectivity index (χ1v) is 7.27. The van der Waals surface area contributed by atoms with Gasteiger partial charge in [0.15, 0.2) is 11.5 Å². The Morgan fingerprint density at radius 3 is 2.74 bits per heavy atom. The average Bonchev–Trinajstić information content (AvgIpc) is 2.90. The lowest BCUT2D eigenvalue weighted by atomic mass is 10.2. The topological polar surface area (TPSA) is 82.5 Å². The summed E-state index contributed by atoms with van der Waals surface area (Å²) in [6.45, 7) is 3.55. The molecule has 0 spiro atoms. The minimum Gasteiger partial charge on any atom is -0.485 e. The summed E-state index contributed by atoms with van der Waals surface area (Å²) in [7, 11) is 0. The summed E-state index contributed by atoms with van der Waals surface area (Å²) >= 11 is 0. The molecule has 0 saturated carbocycles. The predicted molar refractivity (Wildman–Crippen MR) is 81.7 cm³/mol. The molecule has 2 heterocycles. The highest BCUT2D eigenvalue weighted by molar-refractivity contribution is 5.88. The third kappa shape index (κ3) is 3.18. The van der Waals surface area contributed by atoms with Crippen LogP contribution in [-0.2, 0) is 4.79 Å². The number of para-hydroxylation sites is 2. The third-order valence-electron chi connectivity index (χ3n) is 3.46. The van der Waals surface area contributed by atoms with Gasteiger partial charge in [-0.1, -0.05) is 12.1 Å². The van der Waals surface area contributed by atoms with Crippen molar-refractivity contribution in [3.05, 3.63) is 41.7 Å². The molecule has 1 amide bonds. The summed E-state index contributed by atoms with van der Waals surface area (Å²) in [5.74, 6) is 0.425. The number of rotatable bonds is 3. The smallest absolute Gasteiger partial charge is 0.266 e. The summed E-state index contributed by atoms with van der Waals surface area (Å²) < 4.78 is 12.4. The van der Waals surface area contributed by atoms with Crippen LogP contribution >= 0.6 is 0 Å². The quantitative estimate of drug-likeness (QED) is 0.917. The molecule has 0 fully saturated rings. The summed E-state index contributed by atoms with van der Waals surface area (Å²) in [5.41, 5.74) is 1.48. The van der Waals surface area contributed by atoms with Crippen LogP contribution in [0.15, 0.2) is 30.3 Å². The molecule has 0 aliphatic carbocycles. The Morgan fingerprint density at radius 1 is 1.30 bits per heavy atom. The monoisotopic (exact) mass is 315 g/mol. The van der Waals surface area contributed by atoms with Crippen LogP contribution in [0.1, 0.15) is 16.2 Å². The van der Waals surface area contributed by atoms with Crippen LogP contribution in [0, 0.1) is 13.8 Å². The van der Waals surface area contributed by atoms with Gasteiger partial charge in [0, 0.05) is 5.69 Å². The molecule has 3 rings (SSSR count). The minimum atomic E-state index is -0.779. The fourth-order valence-corrected chi connectivity index (χ4v) is 2.38. The summed E-state index contributed by atoms with van der Waals surface area (Å²) in [6.07, 6.45) is -0.779. The Labute approximate surface area is 133 Å². The Hall–Kier alpha value is -2.83. The van der Waals surface area contributed by atoms with Crippen molar-refractivity contribution in [3.63, 3.8) is 0 Å². The Bertz CT molecular complexity index is 754. The third-order valence-corrected chi connectivity index (χ3v) is 3.46. The molecule has 120 valence electrons. The Kier molecular flexibility index (Phi) is 4.01. The fourth-order valence-electron chi connectivity index (χ4n) is 2.38. The van der Waals surface area contributed by atoms with E-state index in [-0.39, 0.29) is 19.1 Å². The molecular weight excluding hydrogens is 298 g/mol. The number of carbonyl (C=O) groups is 2. The minimum absolute atomic E-state index is 0.108. The van der Waals surface area contributed by atoms with Crippen molar-refractivity contribution in [2.75, 3.05) is 13.2 Å². The maximum absolute atomic E-state index is 12.1. The van der Waals surface area contributed by atoms with Crippen molar-refractivity contribution in [2.45, 2.75) is 20.0 Å². The van der Waals surface area contributed by atoms with E-state index in [2.05, 4.69) is 10.4 Å². The molecule has 23 heavy (non-hydrogen) atoms. The zero-order valence-electron chi connectivity index (χ0n) is 12.9. The van der Waals surface area contributed by atoms with E-state index in [0.717, 1.165) is 11.4 Å². The first-order valence-electron chi connectivity index (χ1n) is 7.27. The number of carbonyl (C=O) groups excluding carboxylic acids is 2. The highest BCUT2D eigenvalue weighted by atomic mass is 16.6. The number of ether oxygens (including phenoxy) is 2. The van der Waals surface area contributed by atoms with E-state index in [1.165, 1.54) is 4.68 Å². The number of hydrogen-bond donors (Lipinski definition) is 1. The molecule has 1 aromatic heterocycles. The van der Waals surface area contributed by atoms with Gasteiger partial charge < -0.3 is 14.8 Å². The maximum Gasteiger partial charge on any atom is 0.266 e. The lowest BCUT2D eigenvalue weighted by molar-refractivity contribution is -0.130. The molecule has 2 aromatic rings. The normalized spacial score (nSPS) is 16.0.